The Balaban J connectivity index is 2.09. The maximum atomic E-state index is 12.2. The smallest absolute Gasteiger partial charge is 0.305 e. The van der Waals surface area contributed by atoms with Crippen molar-refractivity contribution >= 4 is 36.6 Å². The molecular formula is C28H36O8Si. The van der Waals surface area contributed by atoms with E-state index in [1.54, 1.807) is 6.92 Å². The summed E-state index contributed by atoms with van der Waals surface area (Å²) in [5.41, 5.74) is -1.47. The van der Waals surface area contributed by atoms with E-state index in [1.807, 2.05) is 36.4 Å². The molecule has 1 unspecified atom stereocenters. The molecule has 9 heteroatoms. The van der Waals surface area contributed by atoms with Gasteiger partial charge in [-0.25, -0.2) is 0 Å². The molecule has 1 aliphatic heterocycles. The van der Waals surface area contributed by atoms with Crippen molar-refractivity contribution in [3.05, 3.63) is 60.7 Å². The molecule has 0 radical (unpaired) electrons. The molecule has 1 aliphatic rings. The fourth-order valence-corrected chi connectivity index (χ4v) is 9.58. The first-order chi connectivity index (χ1) is 17.3. The Morgan fingerprint density at radius 1 is 0.838 bits per heavy atom. The van der Waals surface area contributed by atoms with Crippen LogP contribution in [0.25, 0.3) is 0 Å². The molecule has 1 saturated heterocycles. The topological polar surface area (TPSA) is 97.4 Å². The lowest BCUT2D eigenvalue weighted by molar-refractivity contribution is -0.198. The molecular weight excluding hydrogens is 492 g/mol. The monoisotopic (exact) mass is 528 g/mol. The minimum Gasteiger partial charge on any atom is -0.452 e. The van der Waals surface area contributed by atoms with Gasteiger partial charge in [0.05, 0.1) is 6.61 Å². The molecule has 0 amide bonds. The minimum atomic E-state index is -2.96. The molecule has 2 aromatic rings. The van der Waals surface area contributed by atoms with Crippen LogP contribution >= 0.6 is 0 Å². The van der Waals surface area contributed by atoms with Crippen LogP contribution in [0.1, 0.15) is 48.5 Å². The van der Waals surface area contributed by atoms with E-state index in [0.29, 0.717) is 0 Å². The first-order valence-corrected chi connectivity index (χ1v) is 14.2. The van der Waals surface area contributed by atoms with Crippen molar-refractivity contribution in [1.29, 1.82) is 0 Å². The molecule has 3 rings (SSSR count). The van der Waals surface area contributed by atoms with Gasteiger partial charge < -0.3 is 23.4 Å². The number of hydrogen-bond acceptors (Lipinski definition) is 8. The molecule has 0 saturated carbocycles. The third-order valence-electron chi connectivity index (χ3n) is 6.56. The second-order valence-electron chi connectivity index (χ2n) is 10.4. The van der Waals surface area contributed by atoms with E-state index in [9.17, 15) is 14.4 Å². The highest BCUT2D eigenvalue weighted by molar-refractivity contribution is 6.99. The fraction of sp³-hybridized carbons (Fsp3) is 0.464. The average Bonchev–Trinajstić information content (AvgIpc) is 3.04. The van der Waals surface area contributed by atoms with Gasteiger partial charge in [-0.3, -0.25) is 14.4 Å². The molecule has 4 atom stereocenters. The van der Waals surface area contributed by atoms with Gasteiger partial charge in [0.1, 0.15) is 6.10 Å². The predicted octanol–water partition coefficient (Wildman–Crippen LogP) is 3.10. The largest absolute Gasteiger partial charge is 0.452 e. The van der Waals surface area contributed by atoms with Crippen molar-refractivity contribution in [2.75, 3.05) is 6.61 Å². The van der Waals surface area contributed by atoms with Crippen molar-refractivity contribution < 1.29 is 37.8 Å². The first kappa shape index (κ1) is 28.6. The van der Waals surface area contributed by atoms with Crippen LogP contribution in [0.5, 0.6) is 0 Å². The summed E-state index contributed by atoms with van der Waals surface area (Å²) in [7, 11) is -2.96. The molecule has 1 fully saturated rings. The molecule has 8 nitrogen and oxygen atoms in total. The van der Waals surface area contributed by atoms with E-state index >= 15 is 0 Å². The number of carbonyl (C=O) groups excluding carboxylic acids is 3. The fourth-order valence-electron chi connectivity index (χ4n) is 5.03. The van der Waals surface area contributed by atoms with E-state index in [1.165, 1.54) is 20.8 Å². The Labute approximate surface area is 219 Å². The van der Waals surface area contributed by atoms with Crippen LogP contribution < -0.4 is 10.4 Å². The molecule has 1 heterocycles. The molecule has 37 heavy (non-hydrogen) atoms. The number of ether oxygens (including phenoxy) is 4. The zero-order valence-corrected chi connectivity index (χ0v) is 23.5. The lowest BCUT2D eigenvalue weighted by Gasteiger charge is -2.44. The van der Waals surface area contributed by atoms with E-state index in [2.05, 4.69) is 45.0 Å². The molecule has 0 aromatic heterocycles. The van der Waals surface area contributed by atoms with Gasteiger partial charge >= 0.3 is 17.9 Å². The average molecular weight is 529 g/mol. The Bertz CT molecular complexity index is 1060. The number of benzene rings is 2. The highest BCUT2D eigenvalue weighted by atomic mass is 28.4. The van der Waals surface area contributed by atoms with Crippen LogP contribution in [0.3, 0.4) is 0 Å². The van der Waals surface area contributed by atoms with E-state index in [0.717, 1.165) is 10.4 Å². The Morgan fingerprint density at radius 3 is 1.73 bits per heavy atom. The molecule has 0 bridgehead atoms. The third kappa shape index (κ3) is 5.95. The van der Waals surface area contributed by atoms with Crippen molar-refractivity contribution in [3.63, 3.8) is 0 Å². The first-order valence-electron chi connectivity index (χ1n) is 12.3. The van der Waals surface area contributed by atoms with Crippen molar-refractivity contribution in [3.8, 4) is 0 Å². The highest BCUT2D eigenvalue weighted by Crippen LogP contribution is 2.41. The summed E-state index contributed by atoms with van der Waals surface area (Å²) >= 11 is 0. The summed E-state index contributed by atoms with van der Waals surface area (Å²) in [6.45, 7) is 11.7. The number of carbonyl (C=O) groups is 3. The number of rotatable bonds is 8. The molecule has 0 spiro atoms. The van der Waals surface area contributed by atoms with Crippen molar-refractivity contribution in [1.82, 2.24) is 0 Å². The molecule has 2 aromatic carbocycles. The van der Waals surface area contributed by atoms with Crippen molar-refractivity contribution in [2.45, 2.75) is 77.6 Å². The third-order valence-corrected chi connectivity index (χ3v) is 11.6. The SMILES string of the molecule is CC(=O)OC1O[C@H](CO[Si](c2ccccc2)(c2ccccc2)C(C)(C)C)[C@@](C)(OC(C)=O)[C@H]1OC(C)=O. The number of hydrogen-bond donors (Lipinski definition) is 0. The van der Waals surface area contributed by atoms with Gasteiger partial charge in [-0.1, -0.05) is 81.4 Å². The zero-order chi connectivity index (χ0) is 27.4. The lowest BCUT2D eigenvalue weighted by atomic mass is 9.94. The van der Waals surface area contributed by atoms with Gasteiger partial charge in [-0.05, 0) is 22.3 Å². The lowest BCUT2D eigenvalue weighted by Crippen LogP contribution is -2.67. The summed E-state index contributed by atoms with van der Waals surface area (Å²) in [6.07, 6.45) is -3.34. The van der Waals surface area contributed by atoms with Gasteiger partial charge in [0.25, 0.3) is 8.32 Å². The minimum absolute atomic E-state index is 0.00735. The Hall–Kier alpha value is -3.01. The van der Waals surface area contributed by atoms with E-state index in [4.69, 9.17) is 23.4 Å². The summed E-state index contributed by atoms with van der Waals surface area (Å²) in [6, 6.07) is 20.1. The Kier molecular flexibility index (Phi) is 8.62. The quantitative estimate of drug-likeness (QED) is 0.293. The summed E-state index contributed by atoms with van der Waals surface area (Å²) in [4.78, 5) is 35.9. The van der Waals surface area contributed by atoms with Gasteiger partial charge in [0, 0.05) is 20.8 Å². The molecule has 0 aliphatic carbocycles. The van der Waals surface area contributed by atoms with E-state index < -0.39 is 50.3 Å². The molecule has 200 valence electrons. The van der Waals surface area contributed by atoms with Gasteiger partial charge in [-0.15, -0.1) is 0 Å². The Morgan fingerprint density at radius 2 is 1.32 bits per heavy atom. The number of esters is 3. The van der Waals surface area contributed by atoms with Crippen LogP contribution in [0.15, 0.2) is 60.7 Å². The summed E-state index contributed by atoms with van der Waals surface area (Å²) in [5, 5.41) is 1.82. The van der Waals surface area contributed by atoms with Crippen LogP contribution in [-0.4, -0.2) is 56.9 Å². The van der Waals surface area contributed by atoms with Crippen molar-refractivity contribution in [2.24, 2.45) is 0 Å². The summed E-state index contributed by atoms with van der Waals surface area (Å²) in [5.74, 6) is -1.85. The van der Waals surface area contributed by atoms with Crippen LogP contribution in [0, 0.1) is 0 Å². The van der Waals surface area contributed by atoms with Crippen LogP contribution in [0.4, 0.5) is 0 Å². The van der Waals surface area contributed by atoms with Crippen LogP contribution in [-0.2, 0) is 37.8 Å². The van der Waals surface area contributed by atoms with Gasteiger partial charge in [-0.2, -0.15) is 0 Å². The predicted molar refractivity (Wildman–Crippen MR) is 140 cm³/mol. The van der Waals surface area contributed by atoms with Gasteiger partial charge in [0.2, 0.25) is 12.4 Å². The second-order valence-corrected chi connectivity index (χ2v) is 14.7. The summed E-state index contributed by atoms with van der Waals surface area (Å²) < 4.78 is 29.6. The van der Waals surface area contributed by atoms with Crippen LogP contribution in [0.2, 0.25) is 5.04 Å². The van der Waals surface area contributed by atoms with E-state index in [-0.39, 0.29) is 11.6 Å². The second kappa shape index (κ2) is 11.2. The van der Waals surface area contributed by atoms with Gasteiger partial charge in [0.15, 0.2) is 5.60 Å². The maximum absolute atomic E-state index is 12.2. The zero-order valence-electron chi connectivity index (χ0n) is 22.5. The standard InChI is InChI=1S/C28H36O8Si/c1-19(29)33-25-26(34-20(2)30)35-24(28(25,7)36-21(3)31)18-32-37(27(4,5)6,22-14-10-8-11-15-22)23-16-12-9-13-17-23/h8-17,24-26H,18H2,1-7H3/t24-,25+,26?,28-/m1/s1. The normalized spacial score (nSPS) is 23.8. The molecule has 0 N–H and O–H groups in total. The highest BCUT2D eigenvalue weighted by Gasteiger charge is 2.61. The maximum Gasteiger partial charge on any atom is 0.305 e.